The van der Waals surface area contributed by atoms with Gasteiger partial charge < -0.3 is 10.1 Å². The molecule has 1 rings (SSSR count). The number of ether oxygens (including phenoxy) is 1. The number of nitrogens with one attached hydrogen (secondary N) is 1. The Labute approximate surface area is 114 Å². The molecule has 0 saturated carbocycles. The van der Waals surface area contributed by atoms with Gasteiger partial charge in [0, 0.05) is 6.04 Å². The molecule has 3 nitrogen and oxygen atoms in total. The lowest BCUT2D eigenvalue weighted by atomic mass is 9.84. The van der Waals surface area contributed by atoms with Gasteiger partial charge in [0.15, 0.2) is 0 Å². The number of hydrogen-bond acceptors (Lipinski definition) is 3. The highest BCUT2D eigenvalue weighted by molar-refractivity contribution is 5.73. The molecule has 0 fully saturated rings. The molecule has 0 saturated heterocycles. The van der Waals surface area contributed by atoms with Gasteiger partial charge >= 0.3 is 5.97 Å². The normalized spacial score (nSPS) is 14.3. The Bertz CT molecular complexity index is 446. The molecule has 0 spiro atoms. The molecule has 0 aliphatic rings. The molecule has 1 aromatic carbocycles. The summed E-state index contributed by atoms with van der Waals surface area (Å²) >= 11 is 0. The van der Waals surface area contributed by atoms with Crippen molar-refractivity contribution in [2.75, 3.05) is 14.2 Å². The maximum Gasteiger partial charge on any atom is 0.310 e. The molecule has 1 aromatic rings. The molecule has 1 N–H and O–H groups in total. The van der Waals surface area contributed by atoms with Crippen LogP contribution >= 0.6 is 0 Å². The number of carbonyl (C=O) groups is 1. The maximum atomic E-state index is 13.3. The van der Waals surface area contributed by atoms with Gasteiger partial charge in [0.25, 0.3) is 0 Å². The predicted molar refractivity (Wildman–Crippen MR) is 73.3 cm³/mol. The lowest BCUT2D eigenvalue weighted by Crippen LogP contribution is -2.35. The predicted octanol–water partition coefficient (Wildman–Crippen LogP) is 2.84. The minimum atomic E-state index is -0.306. The minimum Gasteiger partial charge on any atom is -0.469 e. The number of methoxy groups -OCH3 is 1. The van der Waals surface area contributed by atoms with E-state index in [2.05, 4.69) is 5.32 Å². The molecule has 0 aromatic heterocycles. The molecule has 2 unspecified atom stereocenters. The Morgan fingerprint density at radius 1 is 1.37 bits per heavy atom. The summed E-state index contributed by atoms with van der Waals surface area (Å²) in [6.07, 6.45) is 0. The van der Waals surface area contributed by atoms with Gasteiger partial charge in [-0.25, -0.2) is 4.39 Å². The van der Waals surface area contributed by atoms with Gasteiger partial charge in [-0.2, -0.15) is 0 Å². The highest BCUT2D eigenvalue weighted by Gasteiger charge is 2.32. The van der Waals surface area contributed by atoms with E-state index in [1.807, 2.05) is 13.8 Å². The van der Waals surface area contributed by atoms with Gasteiger partial charge in [0.2, 0.25) is 0 Å². The molecular weight excluding hydrogens is 245 g/mol. The first-order valence-corrected chi connectivity index (χ1v) is 6.43. The van der Waals surface area contributed by atoms with Crippen molar-refractivity contribution < 1.29 is 13.9 Å². The third-order valence-corrected chi connectivity index (χ3v) is 3.40. The van der Waals surface area contributed by atoms with Gasteiger partial charge in [0.1, 0.15) is 5.82 Å². The molecule has 0 aliphatic carbocycles. The van der Waals surface area contributed by atoms with Gasteiger partial charge in [-0.15, -0.1) is 0 Å². The van der Waals surface area contributed by atoms with Crippen LogP contribution in [0.1, 0.15) is 31.0 Å². The number of halogens is 1. The van der Waals surface area contributed by atoms with Crippen molar-refractivity contribution in [2.24, 2.45) is 11.8 Å². The van der Waals surface area contributed by atoms with E-state index in [1.54, 1.807) is 26.1 Å². The summed E-state index contributed by atoms with van der Waals surface area (Å²) in [7, 11) is 3.18. The quantitative estimate of drug-likeness (QED) is 0.834. The molecule has 0 radical (unpaired) electrons. The van der Waals surface area contributed by atoms with Crippen molar-refractivity contribution in [3.05, 3.63) is 35.1 Å². The molecule has 2 atom stereocenters. The van der Waals surface area contributed by atoms with Gasteiger partial charge in [-0.1, -0.05) is 26.0 Å². The Morgan fingerprint density at radius 2 is 2.00 bits per heavy atom. The van der Waals surface area contributed by atoms with Crippen LogP contribution in [-0.2, 0) is 9.53 Å². The first-order valence-electron chi connectivity index (χ1n) is 6.43. The topological polar surface area (TPSA) is 38.3 Å². The standard InChI is InChI=1S/C15H22FNO2/c1-9(2)13(15(18)19-5)14(17-4)11-6-7-12(16)10(3)8-11/h6-9,13-14,17H,1-5H3. The summed E-state index contributed by atoms with van der Waals surface area (Å²) in [5.41, 5.74) is 1.47. The Balaban J connectivity index is 3.15. The lowest BCUT2D eigenvalue weighted by molar-refractivity contribution is -0.148. The molecule has 0 amide bonds. The zero-order chi connectivity index (χ0) is 14.6. The molecule has 0 bridgehead atoms. The summed E-state index contributed by atoms with van der Waals surface area (Å²) in [5, 5.41) is 3.14. The van der Waals surface area contributed by atoms with Crippen LogP contribution in [0.2, 0.25) is 0 Å². The number of aryl methyl sites for hydroxylation is 1. The van der Waals surface area contributed by atoms with E-state index in [0.717, 1.165) is 5.56 Å². The highest BCUT2D eigenvalue weighted by atomic mass is 19.1. The zero-order valence-electron chi connectivity index (χ0n) is 12.2. The van der Waals surface area contributed by atoms with Crippen molar-refractivity contribution in [1.29, 1.82) is 0 Å². The monoisotopic (exact) mass is 267 g/mol. The minimum absolute atomic E-state index is 0.121. The average molecular weight is 267 g/mol. The van der Waals surface area contributed by atoms with E-state index in [9.17, 15) is 9.18 Å². The fourth-order valence-corrected chi connectivity index (χ4v) is 2.34. The SMILES string of the molecule is CNC(c1ccc(F)c(C)c1)C(C(=O)OC)C(C)C. The van der Waals surface area contributed by atoms with E-state index < -0.39 is 0 Å². The first kappa shape index (κ1) is 15.6. The van der Waals surface area contributed by atoms with Crippen LogP contribution in [0.4, 0.5) is 4.39 Å². The van der Waals surface area contributed by atoms with Crippen LogP contribution in [0.5, 0.6) is 0 Å². The van der Waals surface area contributed by atoms with Crippen LogP contribution in [0, 0.1) is 24.6 Å². The third kappa shape index (κ3) is 3.53. The summed E-state index contributed by atoms with van der Waals surface area (Å²) in [5.74, 6) is -0.677. The summed E-state index contributed by atoms with van der Waals surface area (Å²) in [4.78, 5) is 11.9. The average Bonchev–Trinajstić information content (AvgIpc) is 2.38. The fraction of sp³-hybridized carbons (Fsp3) is 0.533. The summed E-state index contributed by atoms with van der Waals surface area (Å²) < 4.78 is 18.2. The van der Waals surface area contributed by atoms with Crippen LogP contribution < -0.4 is 5.32 Å². The number of benzene rings is 1. The lowest BCUT2D eigenvalue weighted by Gasteiger charge is -2.28. The summed E-state index contributed by atoms with van der Waals surface area (Å²) in [6.45, 7) is 5.67. The van der Waals surface area contributed by atoms with E-state index in [4.69, 9.17) is 4.74 Å². The van der Waals surface area contributed by atoms with E-state index in [0.29, 0.717) is 5.56 Å². The molecule has 106 valence electrons. The number of carbonyl (C=O) groups excluding carboxylic acids is 1. The van der Waals surface area contributed by atoms with Crippen LogP contribution in [-0.4, -0.2) is 20.1 Å². The number of rotatable bonds is 5. The second kappa shape index (κ2) is 6.66. The third-order valence-electron chi connectivity index (χ3n) is 3.40. The van der Waals surface area contributed by atoms with E-state index in [-0.39, 0.29) is 29.7 Å². The van der Waals surface area contributed by atoms with Gasteiger partial charge in [-0.05, 0) is 37.1 Å². The van der Waals surface area contributed by atoms with E-state index >= 15 is 0 Å². The first-order chi connectivity index (χ1) is 8.92. The van der Waals surface area contributed by atoms with Crippen molar-refractivity contribution in [3.63, 3.8) is 0 Å². The zero-order valence-corrected chi connectivity index (χ0v) is 12.2. The van der Waals surface area contributed by atoms with Crippen molar-refractivity contribution in [1.82, 2.24) is 5.32 Å². The van der Waals surface area contributed by atoms with Crippen molar-refractivity contribution in [3.8, 4) is 0 Å². The Kier molecular flexibility index (Phi) is 5.48. The largest absolute Gasteiger partial charge is 0.469 e. The second-order valence-electron chi connectivity index (χ2n) is 5.07. The Morgan fingerprint density at radius 3 is 2.42 bits per heavy atom. The molecule has 0 aliphatic heterocycles. The molecule has 0 heterocycles. The van der Waals surface area contributed by atoms with Gasteiger partial charge in [0.05, 0.1) is 13.0 Å². The number of hydrogen-bond donors (Lipinski definition) is 1. The van der Waals surface area contributed by atoms with Gasteiger partial charge in [-0.3, -0.25) is 4.79 Å². The summed E-state index contributed by atoms with van der Waals surface area (Å²) in [6, 6.07) is 4.73. The van der Waals surface area contributed by atoms with Crippen molar-refractivity contribution in [2.45, 2.75) is 26.8 Å². The van der Waals surface area contributed by atoms with Crippen LogP contribution in [0.15, 0.2) is 18.2 Å². The molecule has 19 heavy (non-hydrogen) atoms. The highest BCUT2D eigenvalue weighted by Crippen LogP contribution is 2.29. The van der Waals surface area contributed by atoms with Crippen molar-refractivity contribution >= 4 is 5.97 Å². The molecular formula is C15H22FNO2. The second-order valence-corrected chi connectivity index (χ2v) is 5.07. The fourth-order valence-electron chi connectivity index (χ4n) is 2.34. The Hall–Kier alpha value is -1.42. The molecule has 4 heteroatoms. The maximum absolute atomic E-state index is 13.3. The van der Waals surface area contributed by atoms with Crippen LogP contribution in [0.25, 0.3) is 0 Å². The van der Waals surface area contributed by atoms with E-state index in [1.165, 1.54) is 13.2 Å². The van der Waals surface area contributed by atoms with Crippen LogP contribution in [0.3, 0.4) is 0 Å². The smallest absolute Gasteiger partial charge is 0.310 e. The number of esters is 1.